The van der Waals surface area contributed by atoms with Gasteiger partial charge in [-0.1, -0.05) is 18.2 Å². The Morgan fingerprint density at radius 3 is 2.72 bits per heavy atom. The Kier molecular flexibility index (Phi) is 2.84. The van der Waals surface area contributed by atoms with Gasteiger partial charge in [0.25, 0.3) is 0 Å². The lowest BCUT2D eigenvalue weighted by Gasteiger charge is -2.29. The van der Waals surface area contributed by atoms with Crippen molar-refractivity contribution in [3.63, 3.8) is 0 Å². The highest BCUT2D eigenvalue weighted by Crippen LogP contribution is 2.35. The third-order valence-corrected chi connectivity index (χ3v) is 3.55. The lowest BCUT2D eigenvalue weighted by atomic mass is 9.79. The minimum atomic E-state index is -0.424. The fourth-order valence-electron chi connectivity index (χ4n) is 2.67. The number of nitrogens with zero attached hydrogens (tertiary/aromatic N) is 1. The van der Waals surface area contributed by atoms with E-state index in [9.17, 15) is 9.50 Å². The minimum absolute atomic E-state index is 0.0944. The molecule has 0 saturated carbocycles. The van der Waals surface area contributed by atoms with Crippen LogP contribution in [0.5, 0.6) is 0 Å². The summed E-state index contributed by atoms with van der Waals surface area (Å²) in [4.78, 5) is 4.36. The van der Waals surface area contributed by atoms with Gasteiger partial charge in [0.15, 0.2) is 0 Å². The molecule has 0 spiro atoms. The SMILES string of the molecule is O[C@@H]1CCc2ncccc2[C@H]1c1ccc(F)cc1. The van der Waals surface area contributed by atoms with E-state index in [1.54, 1.807) is 18.3 Å². The van der Waals surface area contributed by atoms with Crippen LogP contribution in [0.2, 0.25) is 0 Å². The summed E-state index contributed by atoms with van der Waals surface area (Å²) < 4.78 is 13.0. The van der Waals surface area contributed by atoms with Crippen molar-refractivity contribution in [3.8, 4) is 0 Å². The molecule has 1 aromatic heterocycles. The van der Waals surface area contributed by atoms with Crippen LogP contribution in [0, 0.1) is 5.82 Å². The Labute approximate surface area is 105 Å². The predicted molar refractivity (Wildman–Crippen MR) is 66.8 cm³/mol. The second-order valence-corrected chi connectivity index (χ2v) is 4.67. The number of fused-ring (bicyclic) bond motifs is 1. The number of halogens is 1. The molecule has 3 rings (SSSR count). The predicted octanol–water partition coefficient (Wildman–Crippen LogP) is 2.66. The third-order valence-electron chi connectivity index (χ3n) is 3.55. The summed E-state index contributed by atoms with van der Waals surface area (Å²) in [5.41, 5.74) is 3.04. The van der Waals surface area contributed by atoms with Crippen molar-refractivity contribution in [1.82, 2.24) is 4.98 Å². The van der Waals surface area contributed by atoms with Crippen LogP contribution in [0.1, 0.15) is 29.2 Å². The van der Waals surface area contributed by atoms with E-state index in [1.807, 2.05) is 12.1 Å². The van der Waals surface area contributed by atoms with Crippen molar-refractivity contribution < 1.29 is 9.50 Å². The molecule has 0 saturated heterocycles. The molecule has 2 nitrogen and oxygen atoms in total. The average molecular weight is 243 g/mol. The fourth-order valence-corrected chi connectivity index (χ4v) is 2.67. The van der Waals surface area contributed by atoms with Crippen LogP contribution in [0.4, 0.5) is 4.39 Å². The number of aryl methyl sites for hydroxylation is 1. The smallest absolute Gasteiger partial charge is 0.123 e. The molecule has 1 N–H and O–H groups in total. The molecule has 1 aliphatic rings. The molecule has 1 aliphatic carbocycles. The first-order valence-electron chi connectivity index (χ1n) is 6.13. The van der Waals surface area contributed by atoms with E-state index in [2.05, 4.69) is 4.98 Å². The zero-order valence-corrected chi connectivity index (χ0v) is 9.88. The average Bonchev–Trinajstić information content (AvgIpc) is 2.40. The number of aromatic nitrogens is 1. The first-order valence-corrected chi connectivity index (χ1v) is 6.13. The van der Waals surface area contributed by atoms with Crippen molar-refractivity contribution in [3.05, 3.63) is 65.2 Å². The summed E-state index contributed by atoms with van der Waals surface area (Å²) in [5.74, 6) is -0.349. The summed E-state index contributed by atoms with van der Waals surface area (Å²) in [5, 5.41) is 10.2. The van der Waals surface area contributed by atoms with Gasteiger partial charge < -0.3 is 5.11 Å². The fraction of sp³-hybridized carbons (Fsp3) is 0.267. The molecule has 1 heterocycles. The second kappa shape index (κ2) is 4.50. The molecule has 0 unspecified atom stereocenters. The highest BCUT2D eigenvalue weighted by Gasteiger charge is 2.29. The Hall–Kier alpha value is -1.74. The lowest BCUT2D eigenvalue weighted by Crippen LogP contribution is -2.26. The Bertz CT molecular complexity index is 553. The van der Waals surface area contributed by atoms with E-state index in [0.29, 0.717) is 6.42 Å². The van der Waals surface area contributed by atoms with Crippen LogP contribution in [0.3, 0.4) is 0 Å². The lowest BCUT2D eigenvalue weighted by molar-refractivity contribution is 0.139. The van der Waals surface area contributed by atoms with Crippen LogP contribution in [0.25, 0.3) is 0 Å². The number of benzene rings is 1. The Balaban J connectivity index is 2.07. The van der Waals surface area contributed by atoms with Crippen molar-refractivity contribution >= 4 is 0 Å². The molecule has 0 amide bonds. The van der Waals surface area contributed by atoms with Gasteiger partial charge in [0, 0.05) is 17.8 Å². The molecule has 3 heteroatoms. The normalized spacial score (nSPS) is 22.6. The quantitative estimate of drug-likeness (QED) is 0.835. The van der Waals surface area contributed by atoms with Gasteiger partial charge >= 0.3 is 0 Å². The standard InChI is InChI=1S/C15H14FNO/c16-11-5-3-10(4-6-11)15-12-2-1-9-17-13(12)7-8-14(15)18/h1-6,9,14-15,18H,7-8H2/t14-,15-/m1/s1. The maximum Gasteiger partial charge on any atom is 0.123 e. The van der Waals surface area contributed by atoms with Crippen LogP contribution in [0.15, 0.2) is 42.6 Å². The van der Waals surface area contributed by atoms with Gasteiger partial charge in [0.2, 0.25) is 0 Å². The topological polar surface area (TPSA) is 33.1 Å². The first kappa shape index (κ1) is 11.4. The molecule has 2 aromatic rings. The highest BCUT2D eigenvalue weighted by molar-refractivity contribution is 5.38. The zero-order valence-electron chi connectivity index (χ0n) is 9.88. The molecule has 0 fully saturated rings. The van der Waals surface area contributed by atoms with Crippen molar-refractivity contribution in [1.29, 1.82) is 0 Å². The van der Waals surface area contributed by atoms with Gasteiger partial charge in [0.05, 0.1) is 6.10 Å². The molecule has 18 heavy (non-hydrogen) atoms. The summed E-state index contributed by atoms with van der Waals surface area (Å²) in [6.07, 6.45) is 2.85. The molecular formula is C15H14FNO. The van der Waals surface area contributed by atoms with Gasteiger partial charge in [0.1, 0.15) is 5.82 Å². The van der Waals surface area contributed by atoms with Gasteiger partial charge in [-0.3, -0.25) is 4.98 Å². The van der Waals surface area contributed by atoms with E-state index in [4.69, 9.17) is 0 Å². The number of hydrogen-bond donors (Lipinski definition) is 1. The van der Waals surface area contributed by atoms with E-state index >= 15 is 0 Å². The van der Waals surface area contributed by atoms with Crippen LogP contribution in [-0.4, -0.2) is 16.2 Å². The number of aliphatic hydroxyl groups is 1. The Morgan fingerprint density at radius 1 is 1.17 bits per heavy atom. The monoisotopic (exact) mass is 243 g/mol. The number of pyridine rings is 1. The van der Waals surface area contributed by atoms with Gasteiger partial charge in [-0.15, -0.1) is 0 Å². The Morgan fingerprint density at radius 2 is 1.94 bits per heavy atom. The van der Waals surface area contributed by atoms with E-state index in [0.717, 1.165) is 23.2 Å². The number of hydrogen-bond acceptors (Lipinski definition) is 2. The molecule has 1 aromatic carbocycles. The van der Waals surface area contributed by atoms with Gasteiger partial charge in [-0.2, -0.15) is 0 Å². The maximum atomic E-state index is 13.0. The minimum Gasteiger partial charge on any atom is -0.392 e. The molecule has 0 bridgehead atoms. The number of aliphatic hydroxyl groups excluding tert-OH is 1. The van der Waals surface area contributed by atoms with Crippen molar-refractivity contribution in [2.45, 2.75) is 24.9 Å². The van der Waals surface area contributed by atoms with E-state index < -0.39 is 6.10 Å². The highest BCUT2D eigenvalue weighted by atomic mass is 19.1. The zero-order chi connectivity index (χ0) is 12.5. The summed E-state index contributed by atoms with van der Waals surface area (Å²) >= 11 is 0. The maximum absolute atomic E-state index is 13.0. The molecule has 2 atom stereocenters. The summed E-state index contributed by atoms with van der Waals surface area (Å²) in [7, 11) is 0. The van der Waals surface area contributed by atoms with E-state index in [-0.39, 0.29) is 11.7 Å². The van der Waals surface area contributed by atoms with Crippen LogP contribution in [-0.2, 0) is 6.42 Å². The third kappa shape index (κ3) is 1.91. The molecule has 0 aliphatic heterocycles. The summed E-state index contributed by atoms with van der Waals surface area (Å²) in [6.45, 7) is 0. The van der Waals surface area contributed by atoms with Crippen LogP contribution >= 0.6 is 0 Å². The van der Waals surface area contributed by atoms with Crippen molar-refractivity contribution in [2.24, 2.45) is 0 Å². The van der Waals surface area contributed by atoms with Crippen molar-refractivity contribution in [2.75, 3.05) is 0 Å². The van der Waals surface area contributed by atoms with Crippen LogP contribution < -0.4 is 0 Å². The first-order chi connectivity index (χ1) is 8.75. The largest absolute Gasteiger partial charge is 0.392 e. The molecule has 92 valence electrons. The summed E-state index contributed by atoms with van der Waals surface area (Å²) in [6, 6.07) is 10.2. The van der Waals surface area contributed by atoms with E-state index in [1.165, 1.54) is 12.1 Å². The number of rotatable bonds is 1. The second-order valence-electron chi connectivity index (χ2n) is 4.67. The molecule has 0 radical (unpaired) electrons. The molecular weight excluding hydrogens is 229 g/mol. The van der Waals surface area contributed by atoms with Gasteiger partial charge in [-0.05, 0) is 42.2 Å². The van der Waals surface area contributed by atoms with Gasteiger partial charge in [-0.25, -0.2) is 4.39 Å².